The Kier molecular flexibility index (Phi) is 4.79. The van der Waals surface area contributed by atoms with E-state index in [0.717, 1.165) is 6.20 Å². The van der Waals surface area contributed by atoms with Crippen molar-refractivity contribution in [3.8, 4) is 0 Å². The number of hydrogen-bond acceptors (Lipinski definition) is 3. The maximum absolute atomic E-state index is 12.5. The van der Waals surface area contributed by atoms with Crippen molar-refractivity contribution in [3.05, 3.63) is 23.5 Å². The van der Waals surface area contributed by atoms with Gasteiger partial charge in [0.1, 0.15) is 10.0 Å². The van der Waals surface area contributed by atoms with Crippen molar-refractivity contribution in [2.45, 2.75) is 42.8 Å². The van der Waals surface area contributed by atoms with Gasteiger partial charge in [-0.1, -0.05) is 11.6 Å². The number of aromatic nitrogens is 1. The number of halogens is 4. The lowest BCUT2D eigenvalue weighted by atomic mass is 9.86. The molecule has 1 N–H and O–H groups in total. The van der Waals surface area contributed by atoms with Gasteiger partial charge in [0, 0.05) is 12.2 Å². The van der Waals surface area contributed by atoms with E-state index in [1.54, 1.807) is 0 Å². The first-order chi connectivity index (χ1) is 9.68. The minimum absolute atomic E-state index is 0.0511. The average Bonchev–Trinajstić information content (AvgIpc) is 2.38. The molecular formula is C12H14ClF3N2O2S. The van der Waals surface area contributed by atoms with Crippen LogP contribution in [-0.4, -0.2) is 25.6 Å². The molecule has 1 aromatic heterocycles. The van der Waals surface area contributed by atoms with Crippen molar-refractivity contribution in [2.75, 3.05) is 0 Å². The number of hydrogen-bond donors (Lipinski definition) is 1. The Morgan fingerprint density at radius 3 is 2.29 bits per heavy atom. The van der Waals surface area contributed by atoms with Crippen molar-refractivity contribution in [2.24, 2.45) is 5.92 Å². The fourth-order valence-corrected chi connectivity index (χ4v) is 3.71. The number of pyridine rings is 1. The van der Waals surface area contributed by atoms with Crippen LogP contribution in [0.5, 0.6) is 0 Å². The van der Waals surface area contributed by atoms with Crippen LogP contribution in [0.2, 0.25) is 5.15 Å². The number of sulfonamides is 1. The van der Waals surface area contributed by atoms with Crippen LogP contribution >= 0.6 is 11.6 Å². The maximum atomic E-state index is 12.5. The van der Waals surface area contributed by atoms with Crippen LogP contribution < -0.4 is 4.72 Å². The summed E-state index contributed by atoms with van der Waals surface area (Å²) >= 11 is 5.58. The van der Waals surface area contributed by atoms with E-state index in [1.165, 1.54) is 12.1 Å². The highest BCUT2D eigenvalue weighted by Crippen LogP contribution is 2.37. The first-order valence-electron chi connectivity index (χ1n) is 6.39. The smallest absolute Gasteiger partial charge is 0.243 e. The molecule has 0 aromatic carbocycles. The van der Waals surface area contributed by atoms with Crippen LogP contribution in [0.25, 0.3) is 0 Å². The minimum Gasteiger partial charge on any atom is -0.243 e. The average molecular weight is 343 g/mol. The summed E-state index contributed by atoms with van der Waals surface area (Å²) in [6, 6.07) is 2.17. The molecule has 0 spiro atoms. The lowest BCUT2D eigenvalue weighted by Crippen LogP contribution is -2.40. The molecule has 1 fully saturated rings. The molecule has 1 heterocycles. The Morgan fingerprint density at radius 2 is 1.81 bits per heavy atom. The van der Waals surface area contributed by atoms with E-state index in [0.29, 0.717) is 0 Å². The molecule has 4 nitrogen and oxygen atoms in total. The van der Waals surface area contributed by atoms with Gasteiger partial charge in [-0.05, 0) is 37.8 Å². The molecule has 118 valence electrons. The SMILES string of the molecule is O=S(=O)(NC1CCC(C(F)(F)F)CC1)c1ccc(Cl)nc1. The Balaban J connectivity index is 1.98. The van der Waals surface area contributed by atoms with Crippen molar-refractivity contribution >= 4 is 21.6 Å². The zero-order valence-corrected chi connectivity index (χ0v) is 12.5. The molecule has 0 aliphatic heterocycles. The normalized spacial score (nSPS) is 24.0. The summed E-state index contributed by atoms with van der Waals surface area (Å²) in [6.07, 6.45) is -2.87. The molecule has 1 saturated carbocycles. The van der Waals surface area contributed by atoms with E-state index in [1.807, 2.05) is 0 Å². The molecule has 0 bridgehead atoms. The summed E-state index contributed by atoms with van der Waals surface area (Å²) < 4.78 is 64.2. The van der Waals surface area contributed by atoms with Crippen LogP contribution in [0.15, 0.2) is 23.2 Å². The molecule has 1 aromatic rings. The largest absolute Gasteiger partial charge is 0.391 e. The molecule has 0 unspecified atom stereocenters. The molecule has 0 amide bonds. The van der Waals surface area contributed by atoms with Gasteiger partial charge >= 0.3 is 6.18 Å². The third kappa shape index (κ3) is 4.31. The number of alkyl halides is 3. The van der Waals surface area contributed by atoms with Crippen LogP contribution in [0.1, 0.15) is 25.7 Å². The van der Waals surface area contributed by atoms with Crippen LogP contribution in [0, 0.1) is 5.92 Å². The van der Waals surface area contributed by atoms with Gasteiger partial charge in [0.05, 0.1) is 5.92 Å². The van der Waals surface area contributed by atoms with Gasteiger partial charge in [0.2, 0.25) is 10.0 Å². The highest BCUT2D eigenvalue weighted by Gasteiger charge is 2.41. The van der Waals surface area contributed by atoms with Crippen molar-refractivity contribution in [1.29, 1.82) is 0 Å². The summed E-state index contributed by atoms with van der Waals surface area (Å²) in [5, 5.41) is 0.166. The van der Waals surface area contributed by atoms with E-state index in [-0.39, 0.29) is 35.7 Å². The first-order valence-corrected chi connectivity index (χ1v) is 8.25. The van der Waals surface area contributed by atoms with Crippen LogP contribution in [0.3, 0.4) is 0 Å². The van der Waals surface area contributed by atoms with Crippen molar-refractivity contribution in [3.63, 3.8) is 0 Å². The van der Waals surface area contributed by atoms with Crippen LogP contribution in [0.4, 0.5) is 13.2 Å². The minimum atomic E-state index is -4.20. The zero-order chi connectivity index (χ0) is 15.7. The molecule has 2 rings (SSSR count). The Hall–Kier alpha value is -0.860. The van der Waals surface area contributed by atoms with E-state index in [9.17, 15) is 21.6 Å². The van der Waals surface area contributed by atoms with Gasteiger partial charge in [-0.25, -0.2) is 18.1 Å². The standard InChI is InChI=1S/C12H14ClF3N2O2S/c13-11-6-5-10(7-17-11)21(19,20)18-9-3-1-8(2-4-9)12(14,15)16/h5-9,18H,1-4H2. The quantitative estimate of drug-likeness (QED) is 0.858. The predicted octanol–water partition coefficient (Wildman–Crippen LogP) is 3.13. The molecule has 9 heteroatoms. The Morgan fingerprint density at radius 1 is 1.19 bits per heavy atom. The highest BCUT2D eigenvalue weighted by molar-refractivity contribution is 7.89. The fraction of sp³-hybridized carbons (Fsp3) is 0.583. The van der Waals surface area contributed by atoms with Crippen molar-refractivity contribution in [1.82, 2.24) is 9.71 Å². The second-order valence-corrected chi connectivity index (χ2v) is 7.13. The Bertz CT molecular complexity index is 582. The maximum Gasteiger partial charge on any atom is 0.391 e. The summed E-state index contributed by atoms with van der Waals surface area (Å²) in [5.41, 5.74) is 0. The molecule has 0 radical (unpaired) electrons. The topological polar surface area (TPSA) is 59.1 Å². The molecule has 0 saturated heterocycles. The van der Waals surface area contributed by atoms with Crippen molar-refractivity contribution < 1.29 is 21.6 Å². The lowest BCUT2D eigenvalue weighted by molar-refractivity contribution is -0.182. The first kappa shape index (κ1) is 16.5. The zero-order valence-electron chi connectivity index (χ0n) is 10.9. The number of nitrogens with zero attached hydrogens (tertiary/aromatic N) is 1. The van der Waals surface area contributed by atoms with E-state index < -0.39 is 28.2 Å². The Labute approximate surface area is 125 Å². The van der Waals surface area contributed by atoms with Gasteiger partial charge < -0.3 is 0 Å². The molecular weight excluding hydrogens is 329 g/mol. The molecule has 1 aliphatic rings. The van der Waals surface area contributed by atoms with Crippen LogP contribution in [-0.2, 0) is 10.0 Å². The van der Waals surface area contributed by atoms with E-state index in [2.05, 4.69) is 9.71 Å². The summed E-state index contributed by atoms with van der Waals surface area (Å²) in [4.78, 5) is 3.63. The van der Waals surface area contributed by atoms with Gasteiger partial charge in [0.15, 0.2) is 0 Å². The fourth-order valence-electron chi connectivity index (χ4n) is 2.35. The summed E-state index contributed by atoms with van der Waals surface area (Å²) in [6.45, 7) is 0. The third-order valence-corrected chi connectivity index (χ3v) is 5.25. The third-order valence-electron chi connectivity index (χ3n) is 3.52. The summed E-state index contributed by atoms with van der Waals surface area (Å²) in [7, 11) is -3.78. The number of rotatable bonds is 3. The second kappa shape index (κ2) is 6.10. The van der Waals surface area contributed by atoms with Gasteiger partial charge in [-0.15, -0.1) is 0 Å². The van der Waals surface area contributed by atoms with Gasteiger partial charge in [0.25, 0.3) is 0 Å². The molecule has 21 heavy (non-hydrogen) atoms. The monoisotopic (exact) mass is 342 g/mol. The highest BCUT2D eigenvalue weighted by atomic mass is 35.5. The van der Waals surface area contributed by atoms with Gasteiger partial charge in [-0.2, -0.15) is 13.2 Å². The van der Waals surface area contributed by atoms with E-state index in [4.69, 9.17) is 11.6 Å². The second-order valence-electron chi connectivity index (χ2n) is 5.03. The lowest BCUT2D eigenvalue weighted by Gasteiger charge is -2.30. The van der Waals surface area contributed by atoms with Gasteiger partial charge in [-0.3, -0.25) is 0 Å². The van der Waals surface area contributed by atoms with E-state index >= 15 is 0 Å². The predicted molar refractivity (Wildman–Crippen MR) is 71.4 cm³/mol. The molecule has 0 atom stereocenters. The molecule has 1 aliphatic carbocycles. The number of nitrogens with one attached hydrogen (secondary N) is 1. The summed E-state index contributed by atoms with van der Waals surface area (Å²) in [5.74, 6) is -1.34.